The second-order valence-electron chi connectivity index (χ2n) is 5.63. The summed E-state index contributed by atoms with van der Waals surface area (Å²) in [6.45, 7) is 5.30. The van der Waals surface area contributed by atoms with Crippen molar-refractivity contribution in [3.05, 3.63) is 12.2 Å². The molecule has 4 heteroatoms. The summed E-state index contributed by atoms with van der Waals surface area (Å²) in [6, 6.07) is 0. The highest BCUT2D eigenvalue weighted by Gasteiger charge is 2.50. The lowest BCUT2D eigenvalue weighted by Crippen LogP contribution is -2.59. The zero-order valence-electron chi connectivity index (χ0n) is 11.1. The van der Waals surface area contributed by atoms with Gasteiger partial charge in [0.25, 0.3) is 0 Å². The van der Waals surface area contributed by atoms with Gasteiger partial charge in [0.05, 0.1) is 24.9 Å². The number of hydrogen-bond donors (Lipinski definition) is 1. The molecule has 1 aliphatic carbocycles. The monoisotopic (exact) mass is 253 g/mol. The quantitative estimate of drug-likeness (QED) is 0.721. The third kappa shape index (κ3) is 2.35. The van der Waals surface area contributed by atoms with Crippen LogP contribution in [0.3, 0.4) is 0 Å². The maximum absolute atomic E-state index is 6.33. The van der Waals surface area contributed by atoms with Crippen LogP contribution < -0.4 is 5.32 Å². The molecule has 1 N–H and O–H groups in total. The lowest BCUT2D eigenvalue weighted by molar-refractivity contribution is -0.238. The smallest absolute Gasteiger partial charge is 0.171 e. The van der Waals surface area contributed by atoms with Gasteiger partial charge in [0.2, 0.25) is 0 Å². The Morgan fingerprint density at radius 2 is 2.06 bits per heavy atom. The topological polar surface area (TPSA) is 39.7 Å². The van der Waals surface area contributed by atoms with Crippen molar-refractivity contribution < 1.29 is 14.2 Å². The zero-order chi connectivity index (χ0) is 12.5. The van der Waals surface area contributed by atoms with Crippen LogP contribution in [0.15, 0.2) is 12.2 Å². The first kappa shape index (κ1) is 12.6. The number of allylic oxidation sites excluding steroid dienone is 1. The summed E-state index contributed by atoms with van der Waals surface area (Å²) >= 11 is 0. The standard InChI is InChI=1S/C14H23NO3/c1-2-4-12-9-15-11-13(18-12)5-3-6-14(10-13)16-7-8-17-14/h2,4,12,15H,3,5-11H2,1H3/b4-2+/t12-,13?/m1/s1. The van der Waals surface area contributed by atoms with E-state index in [-0.39, 0.29) is 17.5 Å². The van der Waals surface area contributed by atoms with Crippen LogP contribution in [0.4, 0.5) is 0 Å². The lowest BCUT2D eigenvalue weighted by atomic mass is 9.79. The predicted octanol–water partition coefficient (Wildman–Crippen LogP) is 1.61. The van der Waals surface area contributed by atoms with Crippen molar-refractivity contribution in [3.8, 4) is 0 Å². The summed E-state index contributed by atoms with van der Waals surface area (Å²) in [6.07, 6.45) is 8.46. The van der Waals surface area contributed by atoms with E-state index in [1.807, 2.05) is 6.92 Å². The third-order valence-corrected chi connectivity index (χ3v) is 4.20. The SMILES string of the molecule is C/C=C/[C@@H]1CNCC2(CCCC3(C2)OCCO3)O1. The molecular formula is C14H23NO3. The van der Waals surface area contributed by atoms with Crippen molar-refractivity contribution in [1.82, 2.24) is 5.32 Å². The van der Waals surface area contributed by atoms with E-state index in [1.54, 1.807) is 0 Å². The summed E-state index contributed by atoms with van der Waals surface area (Å²) in [5, 5.41) is 3.50. The minimum Gasteiger partial charge on any atom is -0.365 e. The minimum absolute atomic E-state index is 0.106. The molecule has 3 rings (SSSR count). The predicted molar refractivity (Wildman–Crippen MR) is 68.4 cm³/mol. The minimum atomic E-state index is -0.363. The van der Waals surface area contributed by atoms with Gasteiger partial charge in [-0.1, -0.05) is 12.2 Å². The normalized spacial score (nSPS) is 39.9. The summed E-state index contributed by atoms with van der Waals surface area (Å²) in [4.78, 5) is 0. The Morgan fingerprint density at radius 1 is 1.22 bits per heavy atom. The molecule has 0 amide bonds. The average Bonchev–Trinajstić information content (AvgIpc) is 2.77. The molecule has 102 valence electrons. The molecular weight excluding hydrogens is 230 g/mol. The Hall–Kier alpha value is -0.420. The van der Waals surface area contributed by atoms with Crippen molar-refractivity contribution in [3.63, 3.8) is 0 Å². The molecule has 0 aromatic carbocycles. The van der Waals surface area contributed by atoms with Crippen molar-refractivity contribution in [2.24, 2.45) is 0 Å². The van der Waals surface area contributed by atoms with Gasteiger partial charge in [0.1, 0.15) is 0 Å². The molecule has 2 spiro atoms. The molecule has 0 aromatic rings. The van der Waals surface area contributed by atoms with E-state index in [2.05, 4.69) is 17.5 Å². The van der Waals surface area contributed by atoms with Gasteiger partial charge < -0.3 is 19.5 Å². The summed E-state index contributed by atoms with van der Waals surface area (Å²) < 4.78 is 18.0. The first-order valence-corrected chi connectivity index (χ1v) is 7.05. The van der Waals surface area contributed by atoms with Crippen LogP contribution in [0.25, 0.3) is 0 Å². The highest BCUT2D eigenvalue weighted by molar-refractivity contribution is 5.02. The maximum atomic E-state index is 6.33. The molecule has 0 bridgehead atoms. The molecule has 1 unspecified atom stereocenters. The van der Waals surface area contributed by atoms with E-state index in [0.717, 1.165) is 52.0 Å². The number of ether oxygens (including phenoxy) is 3. The molecule has 3 aliphatic rings. The van der Waals surface area contributed by atoms with Gasteiger partial charge in [-0.2, -0.15) is 0 Å². The van der Waals surface area contributed by atoms with Crippen molar-refractivity contribution in [2.45, 2.75) is 50.1 Å². The Balaban J connectivity index is 1.73. The van der Waals surface area contributed by atoms with Gasteiger partial charge in [-0.05, 0) is 19.8 Å². The number of hydrogen-bond acceptors (Lipinski definition) is 4. The molecule has 0 aromatic heterocycles. The van der Waals surface area contributed by atoms with Gasteiger partial charge >= 0.3 is 0 Å². The first-order valence-electron chi connectivity index (χ1n) is 7.05. The van der Waals surface area contributed by atoms with Gasteiger partial charge in [-0.25, -0.2) is 0 Å². The molecule has 1 saturated carbocycles. The van der Waals surface area contributed by atoms with Crippen LogP contribution in [0.1, 0.15) is 32.6 Å². The van der Waals surface area contributed by atoms with Crippen molar-refractivity contribution in [1.29, 1.82) is 0 Å². The lowest BCUT2D eigenvalue weighted by Gasteiger charge is -2.48. The van der Waals surface area contributed by atoms with E-state index in [4.69, 9.17) is 14.2 Å². The van der Waals surface area contributed by atoms with Crippen LogP contribution in [0, 0.1) is 0 Å². The molecule has 4 nitrogen and oxygen atoms in total. The molecule has 3 fully saturated rings. The fourth-order valence-electron chi connectivity index (χ4n) is 3.51. The van der Waals surface area contributed by atoms with E-state index in [0.29, 0.717) is 0 Å². The van der Waals surface area contributed by atoms with E-state index in [1.165, 1.54) is 0 Å². The Morgan fingerprint density at radius 3 is 2.83 bits per heavy atom. The van der Waals surface area contributed by atoms with Crippen LogP contribution in [0.5, 0.6) is 0 Å². The second kappa shape index (κ2) is 4.93. The molecule has 2 heterocycles. The third-order valence-electron chi connectivity index (χ3n) is 4.20. The number of rotatable bonds is 1. The summed E-state index contributed by atoms with van der Waals surface area (Å²) in [5.41, 5.74) is -0.106. The van der Waals surface area contributed by atoms with Gasteiger partial charge in [0, 0.05) is 25.9 Å². The van der Waals surface area contributed by atoms with Gasteiger partial charge in [-0.15, -0.1) is 0 Å². The van der Waals surface area contributed by atoms with Crippen LogP contribution in [0.2, 0.25) is 0 Å². The van der Waals surface area contributed by atoms with Gasteiger partial charge in [-0.3, -0.25) is 0 Å². The summed E-state index contributed by atoms with van der Waals surface area (Å²) in [7, 11) is 0. The zero-order valence-corrected chi connectivity index (χ0v) is 11.1. The summed E-state index contributed by atoms with van der Waals surface area (Å²) in [5.74, 6) is -0.363. The Kier molecular flexibility index (Phi) is 3.45. The molecule has 18 heavy (non-hydrogen) atoms. The largest absolute Gasteiger partial charge is 0.365 e. The molecule has 2 aliphatic heterocycles. The molecule has 0 radical (unpaired) electrons. The second-order valence-corrected chi connectivity index (χ2v) is 5.63. The fourth-order valence-corrected chi connectivity index (χ4v) is 3.51. The highest BCUT2D eigenvalue weighted by atomic mass is 16.7. The molecule has 2 atom stereocenters. The van der Waals surface area contributed by atoms with Crippen LogP contribution in [-0.4, -0.2) is 43.8 Å². The highest BCUT2D eigenvalue weighted by Crippen LogP contribution is 2.43. The molecule has 2 saturated heterocycles. The Bertz CT molecular complexity index is 321. The van der Waals surface area contributed by atoms with Gasteiger partial charge in [0.15, 0.2) is 5.79 Å². The average molecular weight is 253 g/mol. The van der Waals surface area contributed by atoms with Crippen LogP contribution in [-0.2, 0) is 14.2 Å². The van der Waals surface area contributed by atoms with E-state index >= 15 is 0 Å². The number of morpholine rings is 1. The van der Waals surface area contributed by atoms with E-state index < -0.39 is 0 Å². The van der Waals surface area contributed by atoms with Crippen molar-refractivity contribution >= 4 is 0 Å². The maximum Gasteiger partial charge on any atom is 0.171 e. The Labute approximate surface area is 109 Å². The first-order chi connectivity index (χ1) is 8.76. The van der Waals surface area contributed by atoms with Crippen LogP contribution >= 0.6 is 0 Å². The van der Waals surface area contributed by atoms with Crippen molar-refractivity contribution in [2.75, 3.05) is 26.3 Å². The fraction of sp³-hybridized carbons (Fsp3) is 0.857. The van der Waals surface area contributed by atoms with E-state index in [9.17, 15) is 0 Å². The number of nitrogens with one attached hydrogen (secondary N) is 1.